The summed E-state index contributed by atoms with van der Waals surface area (Å²) >= 11 is 1.34. The minimum absolute atomic E-state index is 0.0872. The van der Waals surface area contributed by atoms with E-state index >= 15 is 0 Å². The van der Waals surface area contributed by atoms with Crippen molar-refractivity contribution in [3.8, 4) is 0 Å². The molecule has 0 radical (unpaired) electrons. The first-order valence-corrected chi connectivity index (χ1v) is 8.75. The zero-order valence-electron chi connectivity index (χ0n) is 12.7. The molecule has 0 aromatic carbocycles. The van der Waals surface area contributed by atoms with Crippen molar-refractivity contribution in [2.45, 2.75) is 36.2 Å². The van der Waals surface area contributed by atoms with Crippen molar-refractivity contribution in [2.75, 3.05) is 18.6 Å². The first-order chi connectivity index (χ1) is 11.0. The third kappa shape index (κ3) is 1.76. The molecule has 8 nitrogen and oxygen atoms in total. The van der Waals surface area contributed by atoms with Gasteiger partial charge in [0.05, 0.1) is 12.9 Å². The van der Waals surface area contributed by atoms with Gasteiger partial charge in [-0.25, -0.2) is 15.0 Å². The standard InChI is InChI=1S/C14H19N5O3S/c1-23-12-17-9(15)8-10(18-12)19(6-16-8)14(22)4-7-2-3-13(7,5-20)11(14)21/h6-7,11,20-22H,2-5H2,1H3,(H2,15,17,18)/t7-,11-,13+,14+/m1/s1. The van der Waals surface area contributed by atoms with Gasteiger partial charge in [0.15, 0.2) is 22.3 Å². The maximum Gasteiger partial charge on any atom is 0.191 e. The molecule has 0 amide bonds. The van der Waals surface area contributed by atoms with Crippen LogP contribution in [0.15, 0.2) is 11.5 Å². The van der Waals surface area contributed by atoms with Crippen LogP contribution in [0, 0.1) is 11.3 Å². The van der Waals surface area contributed by atoms with Gasteiger partial charge in [0.2, 0.25) is 0 Å². The number of fused-ring (bicyclic) bond motifs is 2. The molecule has 4 atom stereocenters. The Kier molecular flexibility index (Phi) is 3.15. The number of anilines is 1. The minimum atomic E-state index is -1.55. The molecular formula is C14H19N5O3S. The van der Waals surface area contributed by atoms with Crippen LogP contribution in [0.25, 0.3) is 11.2 Å². The van der Waals surface area contributed by atoms with Gasteiger partial charge in [-0.15, -0.1) is 0 Å². The molecule has 0 unspecified atom stereocenters. The number of thioether (sulfide) groups is 1. The molecule has 2 fully saturated rings. The number of aliphatic hydroxyl groups is 3. The van der Waals surface area contributed by atoms with Crippen LogP contribution < -0.4 is 5.73 Å². The second kappa shape index (κ2) is 4.79. The van der Waals surface area contributed by atoms with Crippen molar-refractivity contribution in [3.63, 3.8) is 0 Å². The number of aromatic nitrogens is 4. The molecule has 4 rings (SSSR count). The van der Waals surface area contributed by atoms with Gasteiger partial charge in [-0.2, -0.15) is 0 Å². The molecular weight excluding hydrogens is 318 g/mol. The first-order valence-electron chi connectivity index (χ1n) is 7.52. The van der Waals surface area contributed by atoms with Gasteiger partial charge in [-0.3, -0.25) is 4.57 Å². The molecule has 23 heavy (non-hydrogen) atoms. The van der Waals surface area contributed by atoms with Crippen molar-refractivity contribution in [1.82, 2.24) is 19.5 Å². The van der Waals surface area contributed by atoms with Crippen molar-refractivity contribution >= 4 is 28.7 Å². The number of nitrogens with zero attached hydrogens (tertiary/aromatic N) is 4. The van der Waals surface area contributed by atoms with Crippen LogP contribution in [0.3, 0.4) is 0 Å². The lowest BCUT2D eigenvalue weighted by Crippen LogP contribution is -2.52. The molecule has 2 aromatic rings. The van der Waals surface area contributed by atoms with E-state index in [0.29, 0.717) is 29.2 Å². The molecule has 0 spiro atoms. The fourth-order valence-electron chi connectivity index (χ4n) is 4.12. The van der Waals surface area contributed by atoms with Gasteiger partial charge in [0.1, 0.15) is 11.6 Å². The molecule has 5 N–H and O–H groups in total. The Morgan fingerprint density at radius 3 is 2.83 bits per heavy atom. The Morgan fingerprint density at radius 2 is 2.26 bits per heavy atom. The highest BCUT2D eigenvalue weighted by atomic mass is 32.2. The summed E-state index contributed by atoms with van der Waals surface area (Å²) in [7, 11) is 0. The maximum absolute atomic E-state index is 11.2. The van der Waals surface area contributed by atoms with E-state index in [0.717, 1.165) is 6.42 Å². The fraction of sp³-hybridized carbons (Fsp3) is 0.643. The summed E-state index contributed by atoms with van der Waals surface area (Å²) in [6.07, 6.45) is 4.15. The Balaban J connectivity index is 1.88. The SMILES string of the molecule is CSc1nc(N)c2ncn([C@]3(O)C[C@H]4CC[C@@]4(CO)[C@H]3O)c2n1. The lowest BCUT2D eigenvalue weighted by molar-refractivity contribution is -0.162. The number of imidazole rings is 1. The number of hydrogen-bond donors (Lipinski definition) is 4. The third-order valence-electron chi connectivity index (χ3n) is 5.60. The van der Waals surface area contributed by atoms with E-state index in [1.165, 1.54) is 22.7 Å². The largest absolute Gasteiger partial charge is 0.396 e. The Hall–Kier alpha value is -1.42. The Morgan fingerprint density at radius 1 is 1.48 bits per heavy atom. The van der Waals surface area contributed by atoms with Gasteiger partial charge in [0, 0.05) is 11.8 Å². The van der Waals surface area contributed by atoms with Crippen molar-refractivity contribution < 1.29 is 15.3 Å². The molecule has 0 bridgehead atoms. The summed E-state index contributed by atoms with van der Waals surface area (Å²) in [6.45, 7) is -0.138. The average Bonchev–Trinajstić information content (AvgIpc) is 3.02. The molecule has 2 aliphatic carbocycles. The van der Waals surface area contributed by atoms with E-state index in [-0.39, 0.29) is 18.3 Å². The topological polar surface area (TPSA) is 130 Å². The summed E-state index contributed by atoms with van der Waals surface area (Å²) in [5.41, 5.74) is 4.54. The average molecular weight is 337 g/mol. The third-order valence-corrected chi connectivity index (χ3v) is 6.15. The monoisotopic (exact) mass is 337 g/mol. The number of hydrogen-bond acceptors (Lipinski definition) is 8. The summed E-state index contributed by atoms with van der Waals surface area (Å²) in [5, 5.41) is 32.2. The minimum Gasteiger partial charge on any atom is -0.396 e. The van der Waals surface area contributed by atoms with E-state index < -0.39 is 17.2 Å². The predicted molar refractivity (Wildman–Crippen MR) is 84.6 cm³/mol. The van der Waals surface area contributed by atoms with E-state index in [4.69, 9.17) is 5.73 Å². The second-order valence-corrected chi connectivity index (χ2v) is 7.27. The normalized spacial score (nSPS) is 36.2. The summed E-state index contributed by atoms with van der Waals surface area (Å²) in [6, 6.07) is 0. The molecule has 2 heterocycles. The van der Waals surface area contributed by atoms with Gasteiger partial charge >= 0.3 is 0 Å². The maximum atomic E-state index is 11.2. The molecule has 2 aromatic heterocycles. The Bertz CT molecular complexity index is 779. The molecule has 0 saturated heterocycles. The number of aliphatic hydroxyl groups excluding tert-OH is 2. The van der Waals surface area contributed by atoms with Crippen molar-refractivity contribution in [1.29, 1.82) is 0 Å². The second-order valence-electron chi connectivity index (χ2n) is 6.49. The van der Waals surface area contributed by atoms with Crippen LogP contribution in [0.2, 0.25) is 0 Å². The van der Waals surface area contributed by atoms with Crippen LogP contribution in [0.4, 0.5) is 5.82 Å². The number of rotatable bonds is 3. The van der Waals surface area contributed by atoms with E-state index in [1.807, 2.05) is 6.26 Å². The highest BCUT2D eigenvalue weighted by molar-refractivity contribution is 7.98. The zero-order valence-corrected chi connectivity index (χ0v) is 13.5. The van der Waals surface area contributed by atoms with E-state index in [9.17, 15) is 15.3 Å². The smallest absolute Gasteiger partial charge is 0.191 e. The van der Waals surface area contributed by atoms with E-state index in [2.05, 4.69) is 15.0 Å². The summed E-state index contributed by atoms with van der Waals surface area (Å²) in [5.74, 6) is 0.332. The van der Waals surface area contributed by atoms with Crippen molar-refractivity contribution in [3.05, 3.63) is 6.33 Å². The van der Waals surface area contributed by atoms with Gasteiger partial charge in [-0.1, -0.05) is 11.8 Å². The molecule has 2 aliphatic rings. The van der Waals surface area contributed by atoms with Gasteiger partial charge < -0.3 is 21.1 Å². The highest BCUT2D eigenvalue weighted by Gasteiger charge is 2.66. The highest BCUT2D eigenvalue weighted by Crippen LogP contribution is 2.62. The number of nitrogen functional groups attached to an aromatic ring is 1. The summed E-state index contributed by atoms with van der Waals surface area (Å²) < 4.78 is 1.49. The van der Waals surface area contributed by atoms with Crippen LogP contribution in [0.1, 0.15) is 19.3 Å². The van der Waals surface area contributed by atoms with Gasteiger partial charge in [0.25, 0.3) is 0 Å². The molecule has 124 valence electrons. The predicted octanol–water partition coefficient (Wildman–Crippen LogP) is -0.0712. The van der Waals surface area contributed by atoms with Crippen LogP contribution >= 0.6 is 11.8 Å². The quantitative estimate of drug-likeness (QED) is 0.452. The van der Waals surface area contributed by atoms with Crippen molar-refractivity contribution in [2.24, 2.45) is 11.3 Å². The molecule has 9 heteroatoms. The summed E-state index contributed by atoms with van der Waals surface area (Å²) in [4.78, 5) is 12.7. The number of nitrogens with two attached hydrogens (primary N) is 1. The fourth-order valence-corrected chi connectivity index (χ4v) is 4.49. The first kappa shape index (κ1) is 15.1. The van der Waals surface area contributed by atoms with Crippen LogP contribution in [-0.4, -0.2) is 53.8 Å². The molecule has 2 saturated carbocycles. The zero-order chi connectivity index (χ0) is 16.4. The lowest BCUT2D eigenvalue weighted by Gasteiger charge is -2.45. The molecule has 0 aliphatic heterocycles. The van der Waals surface area contributed by atoms with E-state index in [1.54, 1.807) is 0 Å². The van der Waals surface area contributed by atoms with Crippen LogP contribution in [-0.2, 0) is 5.72 Å². The lowest BCUT2D eigenvalue weighted by atomic mass is 9.61. The van der Waals surface area contributed by atoms with Crippen LogP contribution in [0.5, 0.6) is 0 Å². The Labute approximate surface area is 136 Å². The van der Waals surface area contributed by atoms with Gasteiger partial charge in [-0.05, 0) is 25.0 Å².